The summed E-state index contributed by atoms with van der Waals surface area (Å²) < 4.78 is 0. The summed E-state index contributed by atoms with van der Waals surface area (Å²) in [4.78, 5) is 45.2. The van der Waals surface area contributed by atoms with Crippen molar-refractivity contribution in [2.45, 2.75) is 13.8 Å². The SMILES string of the molecule is Cc1ccc(Nc2nc(O)nc(Nc3ccc(Nc4cccc5c4C(=O)c4cccc6[nH]c(=O)nc-5c46)cc3)n2)c(C)c1. The number of carbonyl (C=O) groups is 1. The lowest BCUT2D eigenvalue weighted by atomic mass is 9.85. The lowest BCUT2D eigenvalue weighted by Crippen LogP contribution is -2.18. The Morgan fingerprint density at radius 3 is 2.16 bits per heavy atom. The molecule has 2 heterocycles. The molecule has 11 heteroatoms. The average Bonchev–Trinajstić information content (AvgIpc) is 2.98. The molecule has 43 heavy (non-hydrogen) atoms. The molecule has 6 aromatic rings. The number of nitrogens with one attached hydrogen (secondary N) is 4. The van der Waals surface area contributed by atoms with Crippen LogP contribution in [0.15, 0.2) is 83.7 Å². The fourth-order valence-corrected chi connectivity index (χ4v) is 5.30. The minimum Gasteiger partial charge on any atom is -0.479 e. The molecule has 0 amide bonds. The number of aromatic hydroxyl groups is 1. The van der Waals surface area contributed by atoms with Crippen LogP contribution in [0.25, 0.3) is 22.2 Å². The van der Waals surface area contributed by atoms with E-state index in [2.05, 4.69) is 40.9 Å². The monoisotopic (exact) mass is 568 g/mol. The number of carbonyl (C=O) groups excluding carboxylic acids is 1. The van der Waals surface area contributed by atoms with E-state index in [0.29, 0.717) is 44.7 Å². The molecule has 0 saturated carbocycles. The molecule has 7 rings (SSSR count). The highest BCUT2D eigenvalue weighted by Crippen LogP contribution is 2.40. The van der Waals surface area contributed by atoms with Gasteiger partial charge in [0.1, 0.15) is 0 Å². The summed E-state index contributed by atoms with van der Waals surface area (Å²) in [6.07, 6.45) is 0. The molecule has 0 fully saturated rings. The van der Waals surface area contributed by atoms with E-state index in [-0.39, 0.29) is 17.7 Å². The first kappa shape index (κ1) is 25.8. The lowest BCUT2D eigenvalue weighted by Gasteiger charge is -2.21. The Morgan fingerprint density at radius 2 is 1.40 bits per heavy atom. The van der Waals surface area contributed by atoms with E-state index < -0.39 is 11.7 Å². The summed E-state index contributed by atoms with van der Waals surface area (Å²) in [6.45, 7) is 3.99. The molecule has 0 spiro atoms. The van der Waals surface area contributed by atoms with Crippen LogP contribution in [0.1, 0.15) is 27.0 Å². The predicted octanol–water partition coefficient (Wildman–Crippen LogP) is 5.87. The van der Waals surface area contributed by atoms with Crippen molar-refractivity contribution in [2.24, 2.45) is 0 Å². The van der Waals surface area contributed by atoms with Gasteiger partial charge < -0.3 is 26.0 Å². The van der Waals surface area contributed by atoms with Gasteiger partial charge in [-0.15, -0.1) is 0 Å². The van der Waals surface area contributed by atoms with Crippen LogP contribution in [-0.4, -0.2) is 35.8 Å². The number of aromatic nitrogens is 5. The van der Waals surface area contributed by atoms with Gasteiger partial charge in [0.2, 0.25) is 11.9 Å². The number of aromatic amines is 1. The highest BCUT2D eigenvalue weighted by atomic mass is 16.3. The number of aryl methyl sites for hydroxylation is 2. The third kappa shape index (κ3) is 4.78. The molecule has 0 atom stereocenters. The van der Waals surface area contributed by atoms with Crippen LogP contribution in [-0.2, 0) is 0 Å². The second kappa shape index (κ2) is 10.1. The molecule has 0 aliphatic heterocycles. The topological polar surface area (TPSA) is 158 Å². The number of hydrogen-bond acceptors (Lipinski definition) is 10. The summed E-state index contributed by atoms with van der Waals surface area (Å²) in [5.74, 6) is 0.217. The molecular formula is C32H24N8O3. The average molecular weight is 569 g/mol. The number of fused-ring (bicyclic) bond motifs is 2. The Hall–Kier alpha value is -6.10. The van der Waals surface area contributed by atoms with E-state index >= 15 is 0 Å². The summed E-state index contributed by atoms with van der Waals surface area (Å²) in [5, 5.41) is 20.3. The van der Waals surface area contributed by atoms with Crippen LogP contribution in [0.5, 0.6) is 6.01 Å². The van der Waals surface area contributed by atoms with Crippen molar-refractivity contribution in [3.63, 3.8) is 0 Å². The Labute approximate surface area is 244 Å². The Kier molecular flexibility index (Phi) is 6.05. The number of nitrogens with zero attached hydrogens (tertiary/aromatic N) is 4. The fourth-order valence-electron chi connectivity index (χ4n) is 5.30. The first-order chi connectivity index (χ1) is 20.8. The molecule has 11 nitrogen and oxygen atoms in total. The largest absolute Gasteiger partial charge is 0.479 e. The molecule has 0 radical (unpaired) electrons. The van der Waals surface area contributed by atoms with E-state index in [4.69, 9.17) is 0 Å². The summed E-state index contributed by atoms with van der Waals surface area (Å²) in [7, 11) is 0. The third-order valence-corrected chi connectivity index (χ3v) is 7.22. The zero-order chi connectivity index (χ0) is 29.7. The van der Waals surface area contributed by atoms with Gasteiger partial charge >= 0.3 is 11.7 Å². The molecule has 4 aromatic carbocycles. The summed E-state index contributed by atoms with van der Waals surface area (Å²) >= 11 is 0. The van der Waals surface area contributed by atoms with Crippen LogP contribution in [0.4, 0.5) is 34.6 Å². The van der Waals surface area contributed by atoms with Gasteiger partial charge in [0.25, 0.3) is 0 Å². The maximum atomic E-state index is 13.6. The van der Waals surface area contributed by atoms with Gasteiger partial charge in [-0.05, 0) is 61.9 Å². The van der Waals surface area contributed by atoms with Gasteiger partial charge in [-0.2, -0.15) is 19.9 Å². The van der Waals surface area contributed by atoms with Crippen LogP contribution in [0, 0.1) is 13.8 Å². The molecule has 0 unspecified atom stereocenters. The van der Waals surface area contributed by atoms with E-state index in [1.807, 2.05) is 68.4 Å². The predicted molar refractivity (Wildman–Crippen MR) is 165 cm³/mol. The molecule has 0 bridgehead atoms. The second-order valence-corrected chi connectivity index (χ2v) is 10.2. The van der Waals surface area contributed by atoms with Gasteiger partial charge in [0, 0.05) is 33.6 Å². The number of ketones is 1. The molecule has 1 aliphatic carbocycles. The quantitative estimate of drug-likeness (QED) is 0.164. The van der Waals surface area contributed by atoms with Gasteiger partial charge in [-0.25, -0.2) is 4.79 Å². The Balaban J connectivity index is 1.14. The van der Waals surface area contributed by atoms with Gasteiger partial charge in [-0.1, -0.05) is 42.0 Å². The fraction of sp³-hybridized carbons (Fsp3) is 0.0625. The van der Waals surface area contributed by atoms with Crippen molar-refractivity contribution in [3.8, 4) is 17.3 Å². The number of rotatable bonds is 6. The molecule has 1 aliphatic rings. The van der Waals surface area contributed by atoms with Crippen LogP contribution < -0.4 is 21.6 Å². The Bertz CT molecular complexity index is 2140. The molecule has 5 N–H and O–H groups in total. The van der Waals surface area contributed by atoms with Crippen LogP contribution in [0.2, 0.25) is 0 Å². The number of hydrogen-bond donors (Lipinski definition) is 5. The maximum Gasteiger partial charge on any atom is 0.345 e. The highest BCUT2D eigenvalue weighted by Gasteiger charge is 2.29. The van der Waals surface area contributed by atoms with Gasteiger partial charge in [0.15, 0.2) is 5.78 Å². The van der Waals surface area contributed by atoms with Crippen molar-refractivity contribution in [3.05, 3.63) is 112 Å². The smallest absolute Gasteiger partial charge is 0.345 e. The maximum absolute atomic E-state index is 13.6. The van der Waals surface area contributed by atoms with Crippen molar-refractivity contribution in [1.82, 2.24) is 24.9 Å². The first-order valence-electron chi connectivity index (χ1n) is 13.5. The second-order valence-electron chi connectivity index (χ2n) is 10.2. The van der Waals surface area contributed by atoms with Crippen LogP contribution >= 0.6 is 0 Å². The highest BCUT2D eigenvalue weighted by molar-refractivity contribution is 6.27. The first-order valence-corrected chi connectivity index (χ1v) is 13.5. The lowest BCUT2D eigenvalue weighted by molar-refractivity contribution is 0.104. The zero-order valence-electron chi connectivity index (χ0n) is 23.1. The van der Waals surface area contributed by atoms with Gasteiger partial charge in [-0.3, -0.25) is 4.79 Å². The van der Waals surface area contributed by atoms with Crippen molar-refractivity contribution >= 4 is 51.3 Å². The number of benzene rings is 4. The third-order valence-electron chi connectivity index (χ3n) is 7.22. The van der Waals surface area contributed by atoms with Crippen molar-refractivity contribution in [1.29, 1.82) is 0 Å². The number of anilines is 6. The minimum atomic E-state index is -0.471. The van der Waals surface area contributed by atoms with Crippen LogP contribution in [0.3, 0.4) is 0 Å². The summed E-state index contributed by atoms with van der Waals surface area (Å²) in [6, 6.07) is 23.5. The van der Waals surface area contributed by atoms with E-state index in [0.717, 1.165) is 22.5 Å². The number of H-pyrrole nitrogens is 1. The minimum absolute atomic E-state index is 0.150. The van der Waals surface area contributed by atoms with Crippen molar-refractivity contribution < 1.29 is 9.90 Å². The van der Waals surface area contributed by atoms with E-state index in [1.165, 1.54) is 0 Å². The van der Waals surface area contributed by atoms with E-state index in [9.17, 15) is 14.7 Å². The standard InChI is InChI=1S/C32H24N8O3/c1-16-9-14-22(17(2)15-16)35-30-38-29(39-32(43)40-30)34-19-12-10-18(11-13-19)33-24-8-3-5-20-26(24)28(41)21-6-4-7-23-25(21)27(20)37-31(42)36-23/h3-15,33H,1-2H3,(H,36,37,42)(H3,34,35,38,39,40,43). The Morgan fingerprint density at radius 1 is 0.698 bits per heavy atom. The molecule has 210 valence electrons. The molecule has 0 saturated heterocycles. The van der Waals surface area contributed by atoms with Gasteiger partial charge in [0.05, 0.1) is 22.5 Å². The van der Waals surface area contributed by atoms with Crippen molar-refractivity contribution in [2.75, 3.05) is 16.0 Å². The van der Waals surface area contributed by atoms with E-state index in [1.54, 1.807) is 24.3 Å². The zero-order valence-corrected chi connectivity index (χ0v) is 23.1. The molecular weight excluding hydrogens is 544 g/mol. The summed E-state index contributed by atoms with van der Waals surface area (Å²) in [5.41, 5.74) is 7.10. The molecule has 2 aromatic heterocycles. The normalized spacial score (nSPS) is 11.7.